The van der Waals surface area contributed by atoms with Crippen LogP contribution in [0.4, 0.5) is 17.3 Å². The minimum absolute atomic E-state index is 0.239. The number of carbonyl (C=O) groups excluding carboxylic acids is 1. The van der Waals surface area contributed by atoms with Crippen LogP contribution in [0.15, 0.2) is 48.8 Å². The molecule has 3 rings (SSSR count). The first-order chi connectivity index (χ1) is 13.4. The van der Waals surface area contributed by atoms with E-state index in [1.54, 1.807) is 6.07 Å². The second-order valence-electron chi connectivity index (χ2n) is 6.03. The van der Waals surface area contributed by atoms with Crippen molar-refractivity contribution in [2.24, 2.45) is 0 Å². The van der Waals surface area contributed by atoms with Crippen molar-refractivity contribution in [3.05, 3.63) is 75.5 Å². The summed E-state index contributed by atoms with van der Waals surface area (Å²) < 4.78 is 0. The molecule has 0 saturated heterocycles. The molecule has 2 aromatic carbocycles. The Kier molecular flexibility index (Phi) is 6.18. The number of nitrogen functional groups attached to an aromatic ring is 1. The van der Waals surface area contributed by atoms with Crippen molar-refractivity contribution in [1.82, 2.24) is 15.4 Å². The molecule has 0 aliphatic heterocycles. The van der Waals surface area contributed by atoms with E-state index in [4.69, 9.17) is 28.9 Å². The van der Waals surface area contributed by atoms with Gasteiger partial charge in [-0.3, -0.25) is 15.6 Å². The first-order valence-corrected chi connectivity index (χ1v) is 9.11. The predicted molar refractivity (Wildman–Crippen MR) is 113 cm³/mol. The highest BCUT2D eigenvalue weighted by Gasteiger charge is 2.13. The Bertz CT molecular complexity index is 994. The maximum atomic E-state index is 12.3. The summed E-state index contributed by atoms with van der Waals surface area (Å²) in [5.74, 6) is 0.269. The lowest BCUT2D eigenvalue weighted by Gasteiger charge is -2.13. The van der Waals surface area contributed by atoms with E-state index < -0.39 is 5.91 Å². The molecule has 9 heteroatoms. The summed E-state index contributed by atoms with van der Waals surface area (Å²) in [4.78, 5) is 20.5. The lowest BCUT2D eigenvalue weighted by atomic mass is 10.1. The number of carbonyl (C=O) groups is 1. The first kappa shape index (κ1) is 19.7. The number of nitrogens with one attached hydrogen (secondary N) is 3. The van der Waals surface area contributed by atoms with Crippen LogP contribution in [0.1, 0.15) is 21.5 Å². The Labute approximate surface area is 172 Å². The van der Waals surface area contributed by atoms with Gasteiger partial charge in [0.15, 0.2) is 11.6 Å². The molecule has 0 radical (unpaired) electrons. The Morgan fingerprint density at radius 2 is 1.79 bits per heavy atom. The largest absolute Gasteiger partial charge is 0.393 e. The normalized spacial score (nSPS) is 10.4. The van der Waals surface area contributed by atoms with E-state index in [0.29, 0.717) is 17.4 Å². The third-order valence-corrected chi connectivity index (χ3v) is 4.48. The number of hydrazine groups is 1. The fourth-order valence-corrected chi connectivity index (χ4v) is 2.88. The lowest BCUT2D eigenvalue weighted by molar-refractivity contribution is 0.0962. The van der Waals surface area contributed by atoms with Gasteiger partial charge in [-0.15, -0.1) is 0 Å². The molecule has 0 aliphatic carbocycles. The van der Waals surface area contributed by atoms with Crippen molar-refractivity contribution in [3.63, 3.8) is 0 Å². The third-order valence-electron chi connectivity index (χ3n) is 3.93. The minimum atomic E-state index is -0.450. The molecule has 0 atom stereocenters. The molecule has 3 aromatic rings. The van der Waals surface area contributed by atoms with Crippen LogP contribution >= 0.6 is 23.2 Å². The summed E-state index contributed by atoms with van der Waals surface area (Å²) in [6.45, 7) is 2.58. The Balaban J connectivity index is 1.65. The molecule has 0 bridgehead atoms. The van der Waals surface area contributed by atoms with E-state index in [9.17, 15) is 4.79 Å². The monoisotopic (exact) mass is 416 g/mol. The summed E-state index contributed by atoms with van der Waals surface area (Å²) in [5, 5.41) is 3.84. The molecule has 28 heavy (non-hydrogen) atoms. The van der Waals surface area contributed by atoms with E-state index in [0.717, 1.165) is 5.56 Å². The van der Waals surface area contributed by atoms with Gasteiger partial charge in [-0.25, -0.2) is 9.97 Å². The van der Waals surface area contributed by atoms with E-state index in [1.807, 2.05) is 31.2 Å². The number of anilines is 3. The van der Waals surface area contributed by atoms with Crippen LogP contribution < -0.4 is 21.9 Å². The van der Waals surface area contributed by atoms with Gasteiger partial charge in [0.2, 0.25) is 0 Å². The highest BCUT2D eigenvalue weighted by molar-refractivity contribution is 6.36. The second-order valence-corrected chi connectivity index (χ2v) is 6.87. The molecule has 5 N–H and O–H groups in total. The van der Waals surface area contributed by atoms with Gasteiger partial charge in [0.05, 0.1) is 10.6 Å². The van der Waals surface area contributed by atoms with Gasteiger partial charge in [0.1, 0.15) is 12.0 Å². The number of nitrogens with zero attached hydrogens (tertiary/aromatic N) is 2. The second kappa shape index (κ2) is 8.77. The van der Waals surface area contributed by atoms with Crippen molar-refractivity contribution in [2.45, 2.75) is 13.5 Å². The molecule has 0 fully saturated rings. The van der Waals surface area contributed by atoms with Crippen molar-refractivity contribution in [3.8, 4) is 0 Å². The van der Waals surface area contributed by atoms with Crippen LogP contribution in [0.5, 0.6) is 0 Å². The summed E-state index contributed by atoms with van der Waals surface area (Å²) >= 11 is 11.9. The maximum absolute atomic E-state index is 12.3. The van der Waals surface area contributed by atoms with Crippen molar-refractivity contribution in [1.29, 1.82) is 0 Å². The topological polar surface area (TPSA) is 105 Å². The molecule has 1 aromatic heterocycles. The Hall–Kier alpha value is -3.03. The van der Waals surface area contributed by atoms with E-state index >= 15 is 0 Å². The molecule has 144 valence electrons. The predicted octanol–water partition coefficient (Wildman–Crippen LogP) is 4.04. The number of rotatable bonds is 6. The van der Waals surface area contributed by atoms with Crippen LogP contribution in [0.3, 0.4) is 0 Å². The van der Waals surface area contributed by atoms with Gasteiger partial charge in [-0.2, -0.15) is 0 Å². The Morgan fingerprint density at radius 3 is 2.50 bits per heavy atom. The SMILES string of the molecule is Cc1ccc(CNc2ncnc(NNC(=O)c3ccc(Cl)cc3Cl)c2N)cc1. The number of hydrogen-bond acceptors (Lipinski definition) is 6. The zero-order valence-electron chi connectivity index (χ0n) is 15.0. The number of aryl methyl sites for hydroxylation is 1. The zero-order chi connectivity index (χ0) is 20.1. The summed E-state index contributed by atoms with van der Waals surface area (Å²) in [5.41, 5.74) is 14.1. The quantitative estimate of drug-likeness (QED) is 0.451. The van der Waals surface area contributed by atoms with Crippen LogP contribution in [0, 0.1) is 6.92 Å². The van der Waals surface area contributed by atoms with E-state index in [-0.39, 0.29) is 22.1 Å². The highest BCUT2D eigenvalue weighted by Crippen LogP contribution is 2.23. The molecule has 7 nitrogen and oxygen atoms in total. The molecular formula is C19H18Cl2N6O. The minimum Gasteiger partial charge on any atom is -0.393 e. The lowest BCUT2D eigenvalue weighted by Crippen LogP contribution is -2.30. The van der Waals surface area contributed by atoms with Crippen LogP contribution in [0.25, 0.3) is 0 Å². The average molecular weight is 417 g/mol. The molecule has 1 amide bonds. The number of aromatic nitrogens is 2. The van der Waals surface area contributed by atoms with Crippen molar-refractivity contribution < 1.29 is 4.79 Å². The van der Waals surface area contributed by atoms with Gasteiger partial charge in [0.25, 0.3) is 5.91 Å². The number of nitrogens with two attached hydrogens (primary N) is 1. The number of halogens is 2. The molecule has 0 spiro atoms. The van der Waals surface area contributed by atoms with Gasteiger partial charge in [0, 0.05) is 11.6 Å². The average Bonchev–Trinajstić information content (AvgIpc) is 2.67. The number of amides is 1. The molecule has 0 unspecified atom stereocenters. The van der Waals surface area contributed by atoms with E-state index in [2.05, 4.69) is 26.1 Å². The van der Waals surface area contributed by atoms with Gasteiger partial charge in [-0.05, 0) is 30.7 Å². The zero-order valence-corrected chi connectivity index (χ0v) is 16.5. The molecular weight excluding hydrogens is 399 g/mol. The highest BCUT2D eigenvalue weighted by atomic mass is 35.5. The standard InChI is InChI=1S/C19H18Cl2N6O/c1-11-2-4-12(5-3-11)9-23-17-16(22)18(25-10-24-17)26-27-19(28)14-7-6-13(20)8-15(14)21/h2-8,10H,9,22H2,1H3,(H,27,28)(H2,23,24,25,26). The maximum Gasteiger partial charge on any atom is 0.271 e. The van der Waals surface area contributed by atoms with Crippen LogP contribution in [-0.4, -0.2) is 15.9 Å². The number of benzene rings is 2. The van der Waals surface area contributed by atoms with Crippen LogP contribution in [-0.2, 0) is 6.54 Å². The van der Waals surface area contributed by atoms with Crippen molar-refractivity contribution in [2.75, 3.05) is 16.5 Å². The first-order valence-electron chi connectivity index (χ1n) is 8.35. The summed E-state index contributed by atoms with van der Waals surface area (Å²) in [7, 11) is 0. The van der Waals surface area contributed by atoms with Gasteiger partial charge >= 0.3 is 0 Å². The summed E-state index contributed by atoms with van der Waals surface area (Å²) in [6, 6.07) is 12.7. The molecule has 1 heterocycles. The molecule has 0 saturated carbocycles. The third kappa shape index (κ3) is 4.82. The van der Waals surface area contributed by atoms with E-state index in [1.165, 1.54) is 24.0 Å². The summed E-state index contributed by atoms with van der Waals surface area (Å²) in [6.07, 6.45) is 1.34. The fourth-order valence-electron chi connectivity index (χ4n) is 2.38. The fraction of sp³-hybridized carbons (Fsp3) is 0.105. The van der Waals surface area contributed by atoms with Gasteiger partial charge < -0.3 is 11.1 Å². The van der Waals surface area contributed by atoms with Crippen LogP contribution in [0.2, 0.25) is 10.0 Å². The smallest absolute Gasteiger partial charge is 0.271 e. The molecule has 0 aliphatic rings. The van der Waals surface area contributed by atoms with Gasteiger partial charge in [-0.1, -0.05) is 53.0 Å². The number of hydrogen-bond donors (Lipinski definition) is 4. The Morgan fingerprint density at radius 1 is 1.07 bits per heavy atom. The van der Waals surface area contributed by atoms with Crippen molar-refractivity contribution >= 4 is 46.4 Å².